The van der Waals surface area contributed by atoms with E-state index in [1.54, 1.807) is 20.8 Å². The summed E-state index contributed by atoms with van der Waals surface area (Å²) in [6.45, 7) is 4.85. The number of carboxylic acid groups (broad SMARTS) is 1. The van der Waals surface area contributed by atoms with Crippen LogP contribution in [0.25, 0.3) is 0 Å². The van der Waals surface area contributed by atoms with Gasteiger partial charge in [0.25, 0.3) is 5.91 Å². The zero-order valence-electron chi connectivity index (χ0n) is 31.7. The van der Waals surface area contributed by atoms with Crippen molar-refractivity contribution in [3.05, 3.63) is 27.7 Å². The Morgan fingerprint density at radius 1 is 1.00 bits per heavy atom. The minimum atomic E-state index is -2.11. The molecule has 1 aromatic carbocycles. The van der Waals surface area contributed by atoms with E-state index in [1.165, 1.54) is 19.2 Å². The molecule has 9 atom stereocenters. The minimum Gasteiger partial charge on any atom is -0.481 e. The number of amides is 5. The number of hydrazine groups is 1. The summed E-state index contributed by atoms with van der Waals surface area (Å²) in [6.07, 6.45) is -5.04. The lowest BCUT2D eigenvalue weighted by molar-refractivity contribution is -0.171. The highest BCUT2D eigenvalue weighted by molar-refractivity contribution is 6.44. The van der Waals surface area contributed by atoms with Gasteiger partial charge in [0.1, 0.15) is 42.0 Å². The highest BCUT2D eigenvalue weighted by atomic mass is 35.5. The molecule has 0 radical (unpaired) electrons. The second-order valence-electron chi connectivity index (χ2n) is 15.9. The van der Waals surface area contributed by atoms with Crippen molar-refractivity contribution in [3.63, 3.8) is 0 Å². The summed E-state index contributed by atoms with van der Waals surface area (Å²) in [5.41, 5.74) is 0.316. The summed E-state index contributed by atoms with van der Waals surface area (Å²) >= 11 is 12.8. The molecule has 5 amide bonds. The monoisotopic (exact) mass is 839 g/mol. The van der Waals surface area contributed by atoms with Crippen molar-refractivity contribution in [2.75, 3.05) is 25.6 Å². The summed E-state index contributed by atoms with van der Waals surface area (Å²) in [6, 6.07) is -4.96. The Morgan fingerprint density at radius 3 is 2.32 bits per heavy atom. The van der Waals surface area contributed by atoms with Crippen molar-refractivity contribution >= 4 is 70.4 Å². The Hall–Kier alpha value is -4.27. The van der Waals surface area contributed by atoms with E-state index in [4.69, 9.17) is 32.7 Å². The highest BCUT2D eigenvalue weighted by Crippen LogP contribution is 2.53. The summed E-state index contributed by atoms with van der Waals surface area (Å²) in [5.74, 6) is -7.86. The molecular weight excluding hydrogens is 793 g/mol. The Balaban J connectivity index is 1.48. The number of methoxy groups -OCH3 is 1. The molecular formula is C36H47Cl2N7O12. The largest absolute Gasteiger partial charge is 0.481 e. The first-order chi connectivity index (χ1) is 26.8. The summed E-state index contributed by atoms with van der Waals surface area (Å²) < 4.78 is 11.1. The number of carbonyl (C=O) groups is 7. The van der Waals surface area contributed by atoms with Gasteiger partial charge in [0.15, 0.2) is 6.10 Å². The maximum atomic E-state index is 14.9. The fourth-order valence-electron chi connectivity index (χ4n) is 7.96. The molecule has 0 unspecified atom stereocenters. The molecule has 5 aliphatic rings. The number of halogens is 2. The number of hydrogen-bond donors (Lipinski definition) is 8. The van der Waals surface area contributed by atoms with Crippen LogP contribution in [0, 0.1) is 11.3 Å². The Kier molecular flexibility index (Phi) is 12.0. The maximum Gasteiger partial charge on any atom is 0.330 e. The van der Waals surface area contributed by atoms with Gasteiger partial charge in [-0.1, -0.05) is 50.0 Å². The van der Waals surface area contributed by atoms with Gasteiger partial charge in [-0.05, 0) is 43.1 Å². The number of ether oxygens (including phenoxy) is 2. The van der Waals surface area contributed by atoms with Gasteiger partial charge >= 0.3 is 11.9 Å². The SMILES string of the molecule is COC[C@@H]1NC(=O)[C@@H]2CCCNN2C(=O)[C@H](C(C)C)OC(=O)[C@@H](C2(C)CC2)NC(=O)[C@@H]2C[C@@]3(O)c4ccc(Cl)c(Cl)c4N[C@H]3N2C(=O)[C@@H]([C@H](O)CC(=O)O)NC1=O. The quantitative estimate of drug-likeness (QED) is 0.159. The number of hydrogen-bond acceptors (Lipinski definition) is 13. The molecule has 312 valence electrons. The van der Waals surface area contributed by atoms with E-state index < -0.39 is 126 Å². The molecule has 0 spiro atoms. The molecule has 1 aromatic rings. The number of aliphatic carboxylic acids is 1. The van der Waals surface area contributed by atoms with Crippen LogP contribution < -0.4 is 26.7 Å². The van der Waals surface area contributed by atoms with Gasteiger partial charge < -0.3 is 51.0 Å². The normalized spacial score (nSPS) is 32.3. The first-order valence-electron chi connectivity index (χ1n) is 18.7. The summed E-state index contributed by atoms with van der Waals surface area (Å²) in [4.78, 5) is 98.3. The van der Waals surface area contributed by atoms with Gasteiger partial charge in [-0.25, -0.2) is 10.2 Å². The van der Waals surface area contributed by atoms with E-state index in [2.05, 4.69) is 26.7 Å². The van der Waals surface area contributed by atoms with E-state index in [-0.39, 0.29) is 27.7 Å². The fraction of sp³-hybridized carbons (Fsp3) is 0.639. The van der Waals surface area contributed by atoms with Crippen LogP contribution in [0.2, 0.25) is 10.0 Å². The van der Waals surface area contributed by atoms with Crippen molar-refractivity contribution in [2.45, 2.75) is 113 Å². The van der Waals surface area contributed by atoms with Crippen molar-refractivity contribution in [3.8, 4) is 0 Å². The van der Waals surface area contributed by atoms with Crippen LogP contribution in [0.1, 0.15) is 64.9 Å². The van der Waals surface area contributed by atoms with E-state index in [1.807, 2.05) is 0 Å². The number of nitrogens with one attached hydrogen (secondary N) is 5. The van der Waals surface area contributed by atoms with Gasteiger partial charge in [0, 0.05) is 25.6 Å². The second-order valence-corrected chi connectivity index (χ2v) is 16.6. The van der Waals surface area contributed by atoms with Crippen molar-refractivity contribution < 1.29 is 58.4 Å². The molecule has 3 saturated heterocycles. The van der Waals surface area contributed by atoms with Crippen molar-refractivity contribution in [2.24, 2.45) is 11.3 Å². The Morgan fingerprint density at radius 2 is 1.68 bits per heavy atom. The van der Waals surface area contributed by atoms with Crippen LogP contribution in [0.5, 0.6) is 0 Å². The second kappa shape index (κ2) is 16.2. The fourth-order valence-corrected chi connectivity index (χ4v) is 8.34. The summed E-state index contributed by atoms with van der Waals surface area (Å²) in [7, 11) is 1.23. The molecule has 1 aliphatic carbocycles. The third kappa shape index (κ3) is 7.97. The average Bonchev–Trinajstić information content (AvgIpc) is 3.73. The predicted octanol–water partition coefficient (Wildman–Crippen LogP) is -0.653. The topological polar surface area (TPSA) is 265 Å². The van der Waals surface area contributed by atoms with Crippen LogP contribution in [-0.2, 0) is 48.6 Å². The Bertz CT molecular complexity index is 1850. The van der Waals surface area contributed by atoms with Gasteiger partial charge in [-0.15, -0.1) is 0 Å². The molecule has 0 bridgehead atoms. The van der Waals surface area contributed by atoms with Gasteiger partial charge in [0.2, 0.25) is 23.6 Å². The zero-order chi connectivity index (χ0) is 41.7. The smallest absolute Gasteiger partial charge is 0.330 e. The molecule has 19 nitrogen and oxygen atoms in total. The molecule has 4 heterocycles. The number of cyclic esters (lactones) is 1. The first-order valence-corrected chi connectivity index (χ1v) is 19.4. The summed E-state index contributed by atoms with van der Waals surface area (Å²) in [5, 5.41) is 44.9. The highest BCUT2D eigenvalue weighted by Gasteiger charge is 2.63. The maximum absolute atomic E-state index is 14.9. The Labute approximate surface area is 337 Å². The molecule has 21 heteroatoms. The van der Waals surface area contributed by atoms with Gasteiger partial charge in [-0.3, -0.25) is 33.8 Å². The number of aliphatic hydroxyl groups excluding tert-OH is 1. The number of fused-ring (bicyclic) bond motifs is 6. The van der Waals surface area contributed by atoms with E-state index in [0.29, 0.717) is 25.8 Å². The number of nitrogens with zero attached hydrogens (tertiary/aromatic N) is 2. The third-order valence-electron chi connectivity index (χ3n) is 11.4. The van der Waals surface area contributed by atoms with Crippen LogP contribution in [-0.4, -0.2) is 136 Å². The third-order valence-corrected chi connectivity index (χ3v) is 12.2. The predicted molar refractivity (Wildman–Crippen MR) is 199 cm³/mol. The molecule has 0 aromatic heterocycles. The molecule has 1 saturated carbocycles. The zero-order valence-corrected chi connectivity index (χ0v) is 33.2. The van der Waals surface area contributed by atoms with E-state index in [9.17, 15) is 48.9 Å². The number of aliphatic hydroxyl groups is 2. The van der Waals surface area contributed by atoms with Crippen LogP contribution in [0.4, 0.5) is 5.69 Å². The number of rotatable bonds is 7. The number of carboxylic acids is 1. The van der Waals surface area contributed by atoms with Crippen molar-refractivity contribution in [1.29, 1.82) is 0 Å². The standard InChI is InChI=1S/C36H47Cl2N7O12/c1-15(2)26-32(53)45-19(6-5-11-39-45)29(50)40-18(14-56-4)28(49)41-25(21(46)12-22(47)48)31(52)44-20(30(51)43-27(33(54)57-26)35(3)9-10-35)13-36(55)16-7-8-17(37)23(38)24(16)42-34(36)44/h7-8,15,18-21,25-27,34,39,42,46,55H,5-6,9-14H2,1-4H3,(H,40,50)(H,41,49)(H,43,51)(H,47,48)/t18-,19-,20-,21+,25+,26-,27-,34-,36+/m0/s1. The molecule has 4 fully saturated rings. The molecule has 4 aliphatic heterocycles. The van der Waals surface area contributed by atoms with Gasteiger partial charge in [0.05, 0.1) is 34.9 Å². The lowest BCUT2D eigenvalue weighted by Gasteiger charge is -2.39. The first kappa shape index (κ1) is 42.3. The van der Waals surface area contributed by atoms with E-state index >= 15 is 0 Å². The van der Waals surface area contributed by atoms with Crippen LogP contribution in [0.3, 0.4) is 0 Å². The lowest BCUT2D eigenvalue weighted by atomic mass is 9.90. The van der Waals surface area contributed by atoms with Gasteiger partial charge in [-0.2, -0.15) is 0 Å². The lowest BCUT2D eigenvalue weighted by Crippen LogP contribution is -2.66. The average molecular weight is 841 g/mol. The number of carbonyl (C=O) groups excluding carboxylic acids is 6. The minimum absolute atomic E-state index is 0.00815. The van der Waals surface area contributed by atoms with E-state index in [0.717, 1.165) is 9.91 Å². The number of anilines is 1. The number of benzene rings is 1. The molecule has 8 N–H and O–H groups in total. The molecule has 57 heavy (non-hydrogen) atoms. The van der Waals surface area contributed by atoms with Crippen molar-refractivity contribution in [1.82, 2.24) is 31.3 Å². The van der Waals surface area contributed by atoms with Crippen LogP contribution in [0.15, 0.2) is 12.1 Å². The van der Waals surface area contributed by atoms with Crippen LogP contribution >= 0.6 is 23.2 Å². The number of esters is 1. The molecule has 6 rings (SSSR count).